The minimum Gasteiger partial charge on any atom is -0.487 e. The highest BCUT2D eigenvalue weighted by atomic mass is 16.6. The summed E-state index contributed by atoms with van der Waals surface area (Å²) in [5.41, 5.74) is -0.699. The van der Waals surface area contributed by atoms with E-state index in [1.54, 1.807) is 32.0 Å². The van der Waals surface area contributed by atoms with Crippen LogP contribution < -0.4 is 10.1 Å². The highest BCUT2D eigenvalue weighted by Crippen LogP contribution is 2.35. The molecule has 0 radical (unpaired) electrons. The van der Waals surface area contributed by atoms with Gasteiger partial charge in [0.25, 0.3) is 0 Å². The Labute approximate surface area is 112 Å². The first-order valence-corrected chi connectivity index (χ1v) is 6.21. The van der Waals surface area contributed by atoms with Crippen LogP contribution in [0.1, 0.15) is 27.2 Å². The van der Waals surface area contributed by atoms with Crippen LogP contribution in [0.5, 0.6) is 5.75 Å². The summed E-state index contributed by atoms with van der Waals surface area (Å²) in [7, 11) is 0. The second kappa shape index (κ2) is 6.38. The zero-order valence-corrected chi connectivity index (χ0v) is 11.5. The minimum atomic E-state index is -0.950. The van der Waals surface area contributed by atoms with Crippen LogP contribution in [0.25, 0.3) is 0 Å². The molecule has 1 aromatic carbocycles. The first-order valence-electron chi connectivity index (χ1n) is 6.21. The summed E-state index contributed by atoms with van der Waals surface area (Å²) in [6, 6.07) is 4.86. The molecule has 0 aliphatic rings. The van der Waals surface area contributed by atoms with Crippen LogP contribution in [0.2, 0.25) is 0 Å². The van der Waals surface area contributed by atoms with Crippen molar-refractivity contribution < 1.29 is 14.8 Å². The zero-order valence-electron chi connectivity index (χ0n) is 11.5. The van der Waals surface area contributed by atoms with E-state index in [0.717, 1.165) is 6.42 Å². The Kier molecular flexibility index (Phi) is 5.11. The van der Waals surface area contributed by atoms with E-state index >= 15 is 0 Å². The maximum Gasteiger partial charge on any atom is 0.333 e. The van der Waals surface area contributed by atoms with Gasteiger partial charge in [-0.1, -0.05) is 13.0 Å². The Morgan fingerprint density at radius 1 is 1.47 bits per heavy atom. The van der Waals surface area contributed by atoms with Gasteiger partial charge in [-0.3, -0.25) is 10.1 Å². The van der Waals surface area contributed by atoms with Crippen molar-refractivity contribution in [3.05, 3.63) is 28.3 Å². The smallest absolute Gasteiger partial charge is 0.333 e. The van der Waals surface area contributed by atoms with Gasteiger partial charge in [0.05, 0.1) is 17.1 Å². The predicted octanol–water partition coefficient (Wildman–Crippen LogP) is 2.57. The second-order valence-electron chi connectivity index (χ2n) is 4.92. The zero-order chi connectivity index (χ0) is 14.5. The summed E-state index contributed by atoms with van der Waals surface area (Å²) in [6.45, 7) is 5.83. The molecule has 0 amide bonds. The summed E-state index contributed by atoms with van der Waals surface area (Å²) in [6.07, 6.45) is 0.776. The van der Waals surface area contributed by atoms with Gasteiger partial charge < -0.3 is 15.2 Å². The van der Waals surface area contributed by atoms with Gasteiger partial charge in [-0.25, -0.2) is 0 Å². The number of nitro benzene ring substituents is 1. The summed E-state index contributed by atoms with van der Waals surface area (Å²) in [5, 5.41) is 23.7. The van der Waals surface area contributed by atoms with Crippen molar-refractivity contribution in [2.45, 2.75) is 32.8 Å². The second-order valence-corrected chi connectivity index (χ2v) is 4.92. The quantitative estimate of drug-likeness (QED) is 0.586. The predicted molar refractivity (Wildman–Crippen MR) is 73.7 cm³/mol. The van der Waals surface area contributed by atoms with Gasteiger partial charge in [0.2, 0.25) is 0 Å². The van der Waals surface area contributed by atoms with Crippen LogP contribution in [0.15, 0.2) is 18.2 Å². The fraction of sp³-hybridized carbons (Fsp3) is 0.538. The number of nitrogens with one attached hydrogen (secondary N) is 1. The Morgan fingerprint density at radius 2 is 2.16 bits per heavy atom. The van der Waals surface area contributed by atoms with Crippen LogP contribution in [0.4, 0.5) is 11.4 Å². The number of hydrogen-bond donors (Lipinski definition) is 2. The number of nitrogens with zero attached hydrogens (tertiary/aromatic N) is 1. The maximum absolute atomic E-state index is 11.2. The molecule has 19 heavy (non-hydrogen) atoms. The number of rotatable bonds is 7. The van der Waals surface area contributed by atoms with E-state index in [1.807, 2.05) is 6.92 Å². The lowest BCUT2D eigenvalue weighted by molar-refractivity contribution is -0.385. The normalized spacial score (nSPS) is 11.2. The molecule has 6 nitrogen and oxygen atoms in total. The topological polar surface area (TPSA) is 84.6 Å². The number of nitro groups is 1. The van der Waals surface area contributed by atoms with Crippen molar-refractivity contribution in [1.82, 2.24) is 0 Å². The first kappa shape index (κ1) is 15.2. The van der Waals surface area contributed by atoms with E-state index in [0.29, 0.717) is 12.3 Å². The Balaban J connectivity index is 2.99. The van der Waals surface area contributed by atoms with Crippen LogP contribution >= 0.6 is 0 Å². The van der Waals surface area contributed by atoms with Gasteiger partial charge in [-0.2, -0.15) is 0 Å². The van der Waals surface area contributed by atoms with Crippen molar-refractivity contribution in [2.24, 2.45) is 0 Å². The van der Waals surface area contributed by atoms with Gasteiger partial charge in [-0.05, 0) is 32.4 Å². The lowest BCUT2D eigenvalue weighted by Crippen LogP contribution is -2.29. The first-order chi connectivity index (χ1) is 8.85. The van der Waals surface area contributed by atoms with E-state index in [1.165, 1.54) is 0 Å². The Morgan fingerprint density at radius 3 is 2.68 bits per heavy atom. The maximum atomic E-state index is 11.2. The van der Waals surface area contributed by atoms with Gasteiger partial charge >= 0.3 is 5.69 Å². The van der Waals surface area contributed by atoms with E-state index in [4.69, 9.17) is 4.74 Å². The van der Waals surface area contributed by atoms with Crippen molar-refractivity contribution in [2.75, 3.05) is 18.5 Å². The molecule has 0 spiro atoms. The Bertz CT molecular complexity index is 441. The number of para-hydroxylation sites is 1. The minimum absolute atomic E-state index is 0.0970. The largest absolute Gasteiger partial charge is 0.487 e. The molecule has 0 bridgehead atoms. The van der Waals surface area contributed by atoms with E-state index in [2.05, 4.69) is 5.32 Å². The molecule has 0 saturated heterocycles. The summed E-state index contributed by atoms with van der Waals surface area (Å²) in [5.74, 6) is 0.243. The molecule has 0 atom stereocenters. The molecular weight excluding hydrogens is 248 g/mol. The van der Waals surface area contributed by atoms with Crippen molar-refractivity contribution in [3.8, 4) is 5.75 Å². The molecule has 1 rings (SSSR count). The third kappa shape index (κ3) is 4.75. The van der Waals surface area contributed by atoms with Gasteiger partial charge in [-0.15, -0.1) is 0 Å². The summed E-state index contributed by atoms with van der Waals surface area (Å²) < 4.78 is 5.38. The van der Waals surface area contributed by atoms with Crippen LogP contribution in [-0.2, 0) is 0 Å². The highest BCUT2D eigenvalue weighted by molar-refractivity contribution is 5.68. The number of benzene rings is 1. The van der Waals surface area contributed by atoms with Crippen LogP contribution in [0, 0.1) is 10.1 Å². The molecule has 6 heteroatoms. The SMILES string of the molecule is CCCOc1cccc(NCC(C)(C)O)c1[N+](=O)[O-]. The third-order valence-corrected chi connectivity index (χ3v) is 2.35. The van der Waals surface area contributed by atoms with Gasteiger partial charge in [0.15, 0.2) is 5.75 Å². The lowest BCUT2D eigenvalue weighted by Gasteiger charge is -2.19. The molecular formula is C13H20N2O4. The molecule has 0 aliphatic heterocycles. The van der Waals surface area contributed by atoms with Gasteiger partial charge in [0.1, 0.15) is 5.69 Å². The molecule has 0 aromatic heterocycles. The van der Waals surface area contributed by atoms with Crippen molar-refractivity contribution in [3.63, 3.8) is 0 Å². The molecule has 1 aromatic rings. The van der Waals surface area contributed by atoms with Gasteiger partial charge in [0, 0.05) is 6.54 Å². The number of ether oxygens (including phenoxy) is 1. The molecule has 0 unspecified atom stereocenters. The highest BCUT2D eigenvalue weighted by Gasteiger charge is 2.22. The van der Waals surface area contributed by atoms with Crippen LogP contribution in [-0.4, -0.2) is 28.8 Å². The fourth-order valence-corrected chi connectivity index (χ4v) is 1.49. The molecule has 0 heterocycles. The monoisotopic (exact) mass is 268 g/mol. The van der Waals surface area contributed by atoms with E-state index in [9.17, 15) is 15.2 Å². The molecule has 2 N–H and O–H groups in total. The molecule has 0 fully saturated rings. The molecule has 0 aliphatic carbocycles. The van der Waals surface area contributed by atoms with Crippen molar-refractivity contribution in [1.29, 1.82) is 0 Å². The molecule has 106 valence electrons. The van der Waals surface area contributed by atoms with Crippen molar-refractivity contribution >= 4 is 11.4 Å². The Hall–Kier alpha value is -1.82. The van der Waals surface area contributed by atoms with E-state index < -0.39 is 10.5 Å². The van der Waals surface area contributed by atoms with Crippen LogP contribution in [0.3, 0.4) is 0 Å². The number of hydrogen-bond acceptors (Lipinski definition) is 5. The lowest BCUT2D eigenvalue weighted by atomic mass is 10.1. The fourth-order valence-electron chi connectivity index (χ4n) is 1.49. The summed E-state index contributed by atoms with van der Waals surface area (Å²) >= 11 is 0. The molecule has 0 saturated carbocycles. The average Bonchev–Trinajstić information content (AvgIpc) is 2.32. The average molecular weight is 268 g/mol. The third-order valence-electron chi connectivity index (χ3n) is 2.35. The summed E-state index contributed by atoms with van der Waals surface area (Å²) in [4.78, 5) is 10.7. The standard InChI is InChI=1S/C13H20N2O4/c1-4-8-19-11-7-5-6-10(12(11)15(17)18)14-9-13(2,3)16/h5-7,14,16H,4,8-9H2,1-3H3. The number of aliphatic hydroxyl groups is 1. The van der Waals surface area contributed by atoms with E-state index in [-0.39, 0.29) is 18.0 Å². The number of anilines is 1.